The van der Waals surface area contributed by atoms with Gasteiger partial charge in [-0.3, -0.25) is 4.57 Å². The normalized spacial score (nSPS) is 11.0. The maximum atomic E-state index is 13.4. The van der Waals surface area contributed by atoms with Crippen LogP contribution in [0.1, 0.15) is 0 Å². The molecular weight excluding hydrogens is 291 g/mol. The van der Waals surface area contributed by atoms with Crippen LogP contribution >= 0.6 is 0 Å². The Hall–Kier alpha value is -3.14. The van der Waals surface area contributed by atoms with Gasteiger partial charge >= 0.3 is 0 Å². The van der Waals surface area contributed by atoms with Crippen LogP contribution in [0.5, 0.6) is 5.75 Å². The largest absolute Gasteiger partial charge is 0.508 e. The summed E-state index contributed by atoms with van der Waals surface area (Å²) in [6.45, 7) is 0. The van der Waals surface area contributed by atoms with Gasteiger partial charge in [0.15, 0.2) is 0 Å². The molecule has 0 bridgehead atoms. The molecule has 0 fully saturated rings. The first-order valence-corrected chi connectivity index (χ1v) is 7.23. The highest BCUT2D eigenvalue weighted by Gasteiger charge is 2.07. The molecule has 0 saturated heterocycles. The second-order valence-electron chi connectivity index (χ2n) is 5.34. The molecule has 0 amide bonds. The zero-order valence-electron chi connectivity index (χ0n) is 12.1. The smallest absolute Gasteiger partial charge is 0.125 e. The molecule has 1 aromatic heterocycles. The minimum Gasteiger partial charge on any atom is -0.508 e. The lowest BCUT2D eigenvalue weighted by Crippen LogP contribution is -1.92. The van der Waals surface area contributed by atoms with Gasteiger partial charge in [0.1, 0.15) is 17.9 Å². The van der Waals surface area contributed by atoms with Crippen molar-refractivity contribution in [3.05, 3.63) is 78.9 Å². The highest BCUT2D eigenvalue weighted by atomic mass is 19.1. The summed E-state index contributed by atoms with van der Waals surface area (Å²) >= 11 is 0. The molecule has 112 valence electrons. The van der Waals surface area contributed by atoms with Crippen molar-refractivity contribution >= 4 is 11.0 Å². The van der Waals surface area contributed by atoms with Crippen LogP contribution in [0.15, 0.2) is 73.1 Å². The molecule has 4 heteroatoms. The monoisotopic (exact) mass is 304 g/mol. The van der Waals surface area contributed by atoms with Crippen molar-refractivity contribution < 1.29 is 9.50 Å². The Bertz CT molecular complexity index is 990. The third kappa shape index (κ3) is 2.44. The first-order chi connectivity index (χ1) is 11.2. The van der Waals surface area contributed by atoms with Crippen LogP contribution in [0, 0.1) is 5.82 Å². The zero-order valence-corrected chi connectivity index (χ0v) is 12.1. The Labute approximate surface area is 132 Å². The molecule has 0 aliphatic heterocycles. The second-order valence-corrected chi connectivity index (χ2v) is 5.34. The molecule has 0 saturated carbocycles. The number of aromatic nitrogens is 2. The molecule has 0 radical (unpaired) electrons. The van der Waals surface area contributed by atoms with Crippen molar-refractivity contribution in [3.63, 3.8) is 0 Å². The predicted octanol–water partition coefficient (Wildman–Crippen LogP) is 4.54. The summed E-state index contributed by atoms with van der Waals surface area (Å²) in [6.07, 6.45) is 1.69. The molecule has 0 aliphatic rings. The standard InChI is InChI=1S/C19H13FN2O/c20-15-2-1-3-16(11-15)22-12-21-18-10-14(6-9-19(18)22)13-4-7-17(23)8-5-13/h1-12,23H. The number of imidazole rings is 1. The van der Waals surface area contributed by atoms with Crippen LogP contribution in [0.25, 0.3) is 27.8 Å². The first kappa shape index (κ1) is 13.5. The van der Waals surface area contributed by atoms with Crippen LogP contribution in [0.4, 0.5) is 4.39 Å². The van der Waals surface area contributed by atoms with Crippen LogP contribution in [0.3, 0.4) is 0 Å². The third-order valence-corrected chi connectivity index (χ3v) is 3.83. The second kappa shape index (κ2) is 5.25. The molecule has 0 spiro atoms. The van der Waals surface area contributed by atoms with E-state index < -0.39 is 0 Å². The Balaban J connectivity index is 1.81. The van der Waals surface area contributed by atoms with Gasteiger partial charge in [-0.15, -0.1) is 0 Å². The fourth-order valence-electron chi connectivity index (χ4n) is 2.68. The fourth-order valence-corrected chi connectivity index (χ4v) is 2.68. The third-order valence-electron chi connectivity index (χ3n) is 3.83. The average molecular weight is 304 g/mol. The fraction of sp³-hybridized carbons (Fsp3) is 0. The molecule has 4 aromatic rings. The van der Waals surface area contributed by atoms with Gasteiger partial charge in [0.2, 0.25) is 0 Å². The van der Waals surface area contributed by atoms with Gasteiger partial charge in [0.25, 0.3) is 0 Å². The lowest BCUT2D eigenvalue weighted by Gasteiger charge is -2.06. The Morgan fingerprint density at radius 1 is 0.870 bits per heavy atom. The van der Waals surface area contributed by atoms with E-state index in [4.69, 9.17) is 0 Å². The highest BCUT2D eigenvalue weighted by Crippen LogP contribution is 2.26. The van der Waals surface area contributed by atoms with Crippen molar-refractivity contribution in [3.8, 4) is 22.6 Å². The number of nitrogens with zero attached hydrogens (tertiary/aromatic N) is 2. The van der Waals surface area contributed by atoms with Crippen molar-refractivity contribution in [1.29, 1.82) is 0 Å². The van der Waals surface area contributed by atoms with E-state index in [0.29, 0.717) is 0 Å². The van der Waals surface area contributed by atoms with Crippen LogP contribution in [0.2, 0.25) is 0 Å². The lowest BCUT2D eigenvalue weighted by atomic mass is 10.1. The van der Waals surface area contributed by atoms with E-state index in [2.05, 4.69) is 4.98 Å². The molecule has 23 heavy (non-hydrogen) atoms. The van der Waals surface area contributed by atoms with E-state index in [0.717, 1.165) is 27.8 Å². The van der Waals surface area contributed by atoms with Gasteiger partial charge in [-0.1, -0.05) is 24.3 Å². The number of phenols is 1. The number of phenolic OH excluding ortho intramolecular Hbond substituents is 1. The lowest BCUT2D eigenvalue weighted by molar-refractivity contribution is 0.475. The van der Waals surface area contributed by atoms with Crippen molar-refractivity contribution in [1.82, 2.24) is 9.55 Å². The summed E-state index contributed by atoms with van der Waals surface area (Å²) in [6, 6.07) is 19.4. The number of benzene rings is 3. The highest BCUT2D eigenvalue weighted by molar-refractivity contribution is 5.83. The molecule has 0 atom stereocenters. The summed E-state index contributed by atoms with van der Waals surface area (Å²) in [5.41, 5.74) is 4.51. The molecule has 1 heterocycles. The summed E-state index contributed by atoms with van der Waals surface area (Å²) in [4.78, 5) is 4.42. The van der Waals surface area contributed by atoms with E-state index >= 15 is 0 Å². The topological polar surface area (TPSA) is 38.1 Å². The number of hydrogen-bond acceptors (Lipinski definition) is 2. The molecule has 3 aromatic carbocycles. The minimum atomic E-state index is -0.273. The number of halogens is 1. The van der Waals surface area contributed by atoms with Crippen LogP contribution in [-0.2, 0) is 0 Å². The quantitative estimate of drug-likeness (QED) is 0.590. The van der Waals surface area contributed by atoms with Gasteiger partial charge < -0.3 is 5.11 Å². The summed E-state index contributed by atoms with van der Waals surface area (Å²) in [5.74, 6) is -0.0322. The first-order valence-electron chi connectivity index (χ1n) is 7.23. The number of aromatic hydroxyl groups is 1. The summed E-state index contributed by atoms with van der Waals surface area (Å²) < 4.78 is 15.3. The number of fused-ring (bicyclic) bond motifs is 1. The van der Waals surface area contributed by atoms with Crippen LogP contribution < -0.4 is 0 Å². The van der Waals surface area contributed by atoms with E-state index in [9.17, 15) is 9.50 Å². The van der Waals surface area contributed by atoms with E-state index in [1.165, 1.54) is 12.1 Å². The Kier molecular flexibility index (Phi) is 3.08. The van der Waals surface area contributed by atoms with Gasteiger partial charge in [0.05, 0.1) is 16.7 Å². The molecule has 0 unspecified atom stereocenters. The summed E-state index contributed by atoms with van der Waals surface area (Å²) in [7, 11) is 0. The number of hydrogen-bond donors (Lipinski definition) is 1. The van der Waals surface area contributed by atoms with Crippen molar-refractivity contribution in [2.24, 2.45) is 0 Å². The van der Waals surface area contributed by atoms with Crippen molar-refractivity contribution in [2.75, 3.05) is 0 Å². The molecule has 3 nitrogen and oxygen atoms in total. The Morgan fingerprint density at radius 2 is 1.65 bits per heavy atom. The van der Waals surface area contributed by atoms with E-state index in [1.54, 1.807) is 24.5 Å². The molecule has 0 aliphatic carbocycles. The SMILES string of the molecule is Oc1ccc(-c2ccc3c(c2)ncn3-c2cccc(F)c2)cc1. The van der Waals surface area contributed by atoms with Gasteiger partial charge in [-0.05, 0) is 53.6 Å². The minimum absolute atomic E-state index is 0.241. The van der Waals surface area contributed by atoms with Gasteiger partial charge in [0, 0.05) is 0 Å². The van der Waals surface area contributed by atoms with E-state index in [1.807, 2.05) is 41.0 Å². The zero-order chi connectivity index (χ0) is 15.8. The predicted molar refractivity (Wildman–Crippen MR) is 88.1 cm³/mol. The molecule has 1 N–H and O–H groups in total. The number of rotatable bonds is 2. The Morgan fingerprint density at radius 3 is 2.43 bits per heavy atom. The van der Waals surface area contributed by atoms with Gasteiger partial charge in [-0.2, -0.15) is 0 Å². The maximum Gasteiger partial charge on any atom is 0.125 e. The van der Waals surface area contributed by atoms with Crippen molar-refractivity contribution in [2.45, 2.75) is 0 Å². The van der Waals surface area contributed by atoms with Gasteiger partial charge in [-0.25, -0.2) is 9.37 Å². The van der Waals surface area contributed by atoms with Crippen LogP contribution in [-0.4, -0.2) is 14.7 Å². The maximum absolute atomic E-state index is 13.4. The summed E-state index contributed by atoms with van der Waals surface area (Å²) in [5, 5.41) is 9.38. The van der Waals surface area contributed by atoms with E-state index in [-0.39, 0.29) is 11.6 Å². The average Bonchev–Trinajstić information content (AvgIpc) is 2.98. The molecule has 4 rings (SSSR count). The molecular formula is C19H13FN2O.